The van der Waals surface area contributed by atoms with Crippen LogP contribution in [0.4, 0.5) is 0 Å². The first-order valence-electron chi connectivity index (χ1n) is 6.27. The van der Waals surface area contributed by atoms with Crippen LogP contribution in [0.3, 0.4) is 0 Å². The van der Waals surface area contributed by atoms with Gasteiger partial charge in [-0.3, -0.25) is 0 Å². The van der Waals surface area contributed by atoms with Crippen LogP contribution in [0.5, 0.6) is 0 Å². The second-order valence-electron chi connectivity index (χ2n) is 4.99. The van der Waals surface area contributed by atoms with Crippen molar-refractivity contribution in [1.29, 1.82) is 0 Å². The van der Waals surface area contributed by atoms with E-state index in [9.17, 15) is 0 Å². The number of halogens is 1. The van der Waals surface area contributed by atoms with E-state index in [2.05, 4.69) is 5.32 Å². The van der Waals surface area contributed by atoms with E-state index in [4.69, 9.17) is 16.3 Å². The maximum absolute atomic E-state index is 6.08. The summed E-state index contributed by atoms with van der Waals surface area (Å²) in [5, 5.41) is 3.66. The summed E-state index contributed by atoms with van der Waals surface area (Å²) in [4.78, 5) is 0. The zero-order chi connectivity index (χ0) is 10.6. The van der Waals surface area contributed by atoms with Crippen LogP contribution in [0, 0.1) is 0 Å². The molecule has 0 spiro atoms. The molecule has 1 atom stereocenters. The van der Waals surface area contributed by atoms with Crippen LogP contribution in [0.15, 0.2) is 0 Å². The van der Waals surface area contributed by atoms with E-state index < -0.39 is 0 Å². The number of alkyl halides is 1. The SMILES string of the molecule is ClCC1(NCC2CCCCO2)CCCC1. The lowest BCUT2D eigenvalue weighted by molar-refractivity contribution is 0.0128. The van der Waals surface area contributed by atoms with E-state index in [0.29, 0.717) is 6.10 Å². The Balaban J connectivity index is 1.75. The highest BCUT2D eigenvalue weighted by Gasteiger charge is 2.33. The molecule has 0 aromatic heterocycles. The average Bonchev–Trinajstić information content (AvgIpc) is 2.77. The summed E-state index contributed by atoms with van der Waals surface area (Å²) in [5.41, 5.74) is 0.225. The third-order valence-corrected chi connectivity index (χ3v) is 4.31. The lowest BCUT2D eigenvalue weighted by atomic mass is 9.99. The fourth-order valence-electron chi connectivity index (χ4n) is 2.71. The highest BCUT2D eigenvalue weighted by atomic mass is 35.5. The van der Waals surface area contributed by atoms with E-state index in [1.165, 1.54) is 44.9 Å². The van der Waals surface area contributed by atoms with Crippen molar-refractivity contribution in [3.05, 3.63) is 0 Å². The summed E-state index contributed by atoms with van der Waals surface area (Å²) in [6, 6.07) is 0. The van der Waals surface area contributed by atoms with Crippen LogP contribution >= 0.6 is 11.6 Å². The van der Waals surface area contributed by atoms with Crippen LogP contribution in [0.1, 0.15) is 44.9 Å². The predicted octanol–water partition coefficient (Wildman–Crippen LogP) is 2.70. The van der Waals surface area contributed by atoms with Crippen molar-refractivity contribution in [2.24, 2.45) is 0 Å². The Labute approximate surface area is 97.7 Å². The Morgan fingerprint density at radius 3 is 2.60 bits per heavy atom. The molecule has 88 valence electrons. The summed E-state index contributed by atoms with van der Waals surface area (Å²) >= 11 is 6.08. The summed E-state index contributed by atoms with van der Waals surface area (Å²) in [6.45, 7) is 1.94. The van der Waals surface area contributed by atoms with E-state index >= 15 is 0 Å². The van der Waals surface area contributed by atoms with Crippen LogP contribution in [-0.4, -0.2) is 30.7 Å². The molecule has 0 radical (unpaired) electrons. The topological polar surface area (TPSA) is 21.3 Å². The predicted molar refractivity (Wildman–Crippen MR) is 63.5 cm³/mol. The van der Waals surface area contributed by atoms with Gasteiger partial charge in [0.05, 0.1) is 6.10 Å². The van der Waals surface area contributed by atoms with Crippen molar-refractivity contribution in [3.8, 4) is 0 Å². The third-order valence-electron chi connectivity index (χ3n) is 3.80. The van der Waals surface area contributed by atoms with Gasteiger partial charge in [0.1, 0.15) is 0 Å². The fourth-order valence-corrected chi connectivity index (χ4v) is 3.07. The minimum atomic E-state index is 0.225. The molecule has 1 heterocycles. The van der Waals surface area contributed by atoms with Crippen LogP contribution in [0.25, 0.3) is 0 Å². The van der Waals surface area contributed by atoms with E-state index in [0.717, 1.165) is 19.0 Å². The summed E-state index contributed by atoms with van der Waals surface area (Å²) < 4.78 is 5.72. The molecule has 1 aliphatic heterocycles. The molecule has 0 amide bonds. The molecular weight excluding hydrogens is 210 g/mol. The molecule has 1 N–H and O–H groups in total. The van der Waals surface area contributed by atoms with E-state index in [1.54, 1.807) is 0 Å². The smallest absolute Gasteiger partial charge is 0.0699 e. The van der Waals surface area contributed by atoms with Crippen molar-refractivity contribution >= 4 is 11.6 Å². The third kappa shape index (κ3) is 3.08. The number of hydrogen-bond acceptors (Lipinski definition) is 2. The molecule has 2 nitrogen and oxygen atoms in total. The van der Waals surface area contributed by atoms with Crippen molar-refractivity contribution in [2.75, 3.05) is 19.0 Å². The zero-order valence-corrected chi connectivity index (χ0v) is 10.2. The molecule has 2 fully saturated rings. The Hall–Kier alpha value is 0.210. The van der Waals surface area contributed by atoms with Crippen LogP contribution < -0.4 is 5.32 Å². The van der Waals surface area contributed by atoms with Gasteiger partial charge in [-0.15, -0.1) is 11.6 Å². The Morgan fingerprint density at radius 2 is 2.00 bits per heavy atom. The van der Waals surface area contributed by atoms with Crippen molar-refractivity contribution in [3.63, 3.8) is 0 Å². The summed E-state index contributed by atoms with van der Waals surface area (Å²) in [6.07, 6.45) is 9.32. The molecule has 15 heavy (non-hydrogen) atoms. The van der Waals surface area contributed by atoms with Gasteiger partial charge in [0.2, 0.25) is 0 Å². The maximum atomic E-state index is 6.08. The van der Waals surface area contributed by atoms with Gasteiger partial charge in [0.15, 0.2) is 0 Å². The molecule has 0 aromatic rings. The normalized spacial score (nSPS) is 30.6. The van der Waals surface area contributed by atoms with Crippen molar-refractivity contribution in [1.82, 2.24) is 5.32 Å². The minimum Gasteiger partial charge on any atom is -0.377 e. The first-order chi connectivity index (χ1) is 7.35. The van der Waals surface area contributed by atoms with Gasteiger partial charge >= 0.3 is 0 Å². The summed E-state index contributed by atoms with van der Waals surface area (Å²) in [7, 11) is 0. The Bertz CT molecular complexity index is 186. The molecule has 2 aliphatic rings. The molecule has 1 saturated heterocycles. The lowest BCUT2D eigenvalue weighted by Crippen LogP contribution is -2.48. The second kappa shape index (κ2) is 5.51. The lowest BCUT2D eigenvalue weighted by Gasteiger charge is -2.31. The van der Waals surface area contributed by atoms with Gasteiger partial charge < -0.3 is 10.1 Å². The fraction of sp³-hybridized carbons (Fsp3) is 1.00. The molecule has 1 saturated carbocycles. The standard InChI is InChI=1S/C12H22ClNO/c13-10-12(6-2-3-7-12)14-9-11-5-1-4-8-15-11/h11,14H,1-10H2. The van der Waals surface area contributed by atoms with E-state index in [1.807, 2.05) is 0 Å². The molecule has 0 bridgehead atoms. The highest BCUT2D eigenvalue weighted by Crippen LogP contribution is 2.30. The first kappa shape index (κ1) is 11.7. The number of hydrogen-bond donors (Lipinski definition) is 1. The first-order valence-corrected chi connectivity index (χ1v) is 6.81. The van der Waals surface area contributed by atoms with Crippen molar-refractivity contribution < 1.29 is 4.74 Å². The molecule has 1 aliphatic carbocycles. The Kier molecular flexibility index (Phi) is 4.30. The van der Waals surface area contributed by atoms with Gasteiger partial charge in [-0.25, -0.2) is 0 Å². The quantitative estimate of drug-likeness (QED) is 0.752. The largest absolute Gasteiger partial charge is 0.377 e. The monoisotopic (exact) mass is 231 g/mol. The molecule has 3 heteroatoms. The molecular formula is C12H22ClNO. The number of rotatable bonds is 4. The molecule has 2 rings (SSSR count). The van der Waals surface area contributed by atoms with Crippen LogP contribution in [-0.2, 0) is 4.74 Å². The van der Waals surface area contributed by atoms with Crippen molar-refractivity contribution in [2.45, 2.75) is 56.6 Å². The number of ether oxygens (including phenoxy) is 1. The maximum Gasteiger partial charge on any atom is 0.0699 e. The van der Waals surface area contributed by atoms with Gasteiger partial charge in [0, 0.05) is 24.6 Å². The second-order valence-corrected chi connectivity index (χ2v) is 5.26. The van der Waals surface area contributed by atoms with Crippen LogP contribution in [0.2, 0.25) is 0 Å². The highest BCUT2D eigenvalue weighted by molar-refractivity contribution is 6.18. The molecule has 1 unspecified atom stereocenters. The minimum absolute atomic E-state index is 0.225. The summed E-state index contributed by atoms with van der Waals surface area (Å²) in [5.74, 6) is 0.750. The Morgan fingerprint density at radius 1 is 1.20 bits per heavy atom. The number of nitrogens with one attached hydrogen (secondary N) is 1. The zero-order valence-electron chi connectivity index (χ0n) is 9.43. The van der Waals surface area contributed by atoms with Gasteiger partial charge in [0.25, 0.3) is 0 Å². The van der Waals surface area contributed by atoms with Gasteiger partial charge in [-0.05, 0) is 32.1 Å². The average molecular weight is 232 g/mol. The molecule has 0 aromatic carbocycles. The van der Waals surface area contributed by atoms with Gasteiger partial charge in [-0.2, -0.15) is 0 Å². The van der Waals surface area contributed by atoms with E-state index in [-0.39, 0.29) is 5.54 Å². The van der Waals surface area contributed by atoms with Gasteiger partial charge in [-0.1, -0.05) is 12.8 Å².